The van der Waals surface area contributed by atoms with Crippen molar-refractivity contribution < 1.29 is 9.13 Å². The van der Waals surface area contributed by atoms with Crippen LogP contribution in [0.1, 0.15) is 64.0 Å². The smallest absolute Gasteiger partial charge is 0.326 e. The van der Waals surface area contributed by atoms with Crippen molar-refractivity contribution >= 4 is 23.4 Å². The Labute approximate surface area is 178 Å². The Morgan fingerprint density at radius 3 is 2.34 bits per heavy atom. The third-order valence-electron chi connectivity index (χ3n) is 6.49. The van der Waals surface area contributed by atoms with Gasteiger partial charge in [0.2, 0.25) is 0 Å². The second-order valence-corrected chi connectivity index (χ2v) is 8.80. The Balaban J connectivity index is 0.00000240. The van der Waals surface area contributed by atoms with E-state index in [1.807, 2.05) is 4.57 Å². The van der Waals surface area contributed by atoms with Gasteiger partial charge in [-0.2, -0.15) is 0 Å². The zero-order chi connectivity index (χ0) is 19.8. The number of nitrogens with zero attached hydrogens (tertiary/aromatic N) is 2. The molecule has 2 aliphatic rings. The van der Waals surface area contributed by atoms with Crippen LogP contribution in [0.25, 0.3) is 11.0 Å². The van der Waals surface area contributed by atoms with Gasteiger partial charge in [-0.3, -0.25) is 4.57 Å². The van der Waals surface area contributed by atoms with Crippen molar-refractivity contribution in [2.45, 2.75) is 83.6 Å². The van der Waals surface area contributed by atoms with E-state index in [0.717, 1.165) is 44.3 Å². The quantitative estimate of drug-likeness (QED) is 0.780. The first-order valence-electron chi connectivity index (χ1n) is 10.7. The molecule has 1 N–H and O–H groups in total. The van der Waals surface area contributed by atoms with Crippen molar-refractivity contribution in [2.75, 3.05) is 13.1 Å². The molecule has 1 saturated carbocycles. The van der Waals surface area contributed by atoms with Crippen LogP contribution in [-0.4, -0.2) is 45.8 Å². The van der Waals surface area contributed by atoms with Crippen LogP contribution in [0.15, 0.2) is 16.9 Å². The number of hydrogen-bond acceptors (Lipinski definition) is 3. The molecular weight excluding hydrogens is 393 g/mol. The van der Waals surface area contributed by atoms with Crippen LogP contribution in [-0.2, 0) is 4.74 Å². The molecule has 29 heavy (non-hydrogen) atoms. The minimum Gasteiger partial charge on any atom is -0.376 e. The van der Waals surface area contributed by atoms with Crippen molar-refractivity contribution in [2.24, 2.45) is 0 Å². The number of rotatable bonds is 4. The van der Waals surface area contributed by atoms with Gasteiger partial charge in [0.05, 0.1) is 23.2 Å². The highest BCUT2D eigenvalue weighted by Crippen LogP contribution is 2.31. The zero-order valence-corrected chi connectivity index (χ0v) is 18.4. The lowest BCUT2D eigenvalue weighted by Crippen LogP contribution is -2.45. The van der Waals surface area contributed by atoms with E-state index < -0.39 is 0 Å². The number of aromatic nitrogens is 2. The SMILES string of the molecule is Cc1cc2c(cc1F)[nH]c(=O)n2C1CCN(C2CCC(OC(C)C)CC2)CC1.Cl. The van der Waals surface area contributed by atoms with Crippen molar-refractivity contribution in [1.82, 2.24) is 14.5 Å². The Bertz CT molecular complexity index is 878. The summed E-state index contributed by atoms with van der Waals surface area (Å²) in [4.78, 5) is 18.0. The fraction of sp³-hybridized carbons (Fsp3) is 0.682. The van der Waals surface area contributed by atoms with Gasteiger partial charge in [0.1, 0.15) is 5.82 Å². The third kappa shape index (κ3) is 4.70. The van der Waals surface area contributed by atoms with Gasteiger partial charge < -0.3 is 14.6 Å². The number of imidazole rings is 1. The first-order valence-corrected chi connectivity index (χ1v) is 10.7. The molecule has 0 spiro atoms. The van der Waals surface area contributed by atoms with Crippen LogP contribution in [0.2, 0.25) is 0 Å². The number of halogens is 2. The molecule has 0 radical (unpaired) electrons. The molecule has 1 saturated heterocycles. The summed E-state index contributed by atoms with van der Waals surface area (Å²) in [6.45, 7) is 8.01. The largest absolute Gasteiger partial charge is 0.376 e. The van der Waals surface area contributed by atoms with Gasteiger partial charge in [-0.1, -0.05) is 0 Å². The monoisotopic (exact) mass is 425 g/mol. The number of H-pyrrole nitrogens is 1. The molecule has 2 aromatic rings. The van der Waals surface area contributed by atoms with E-state index in [0.29, 0.717) is 29.3 Å². The maximum Gasteiger partial charge on any atom is 0.326 e. The number of ether oxygens (including phenoxy) is 1. The number of piperidine rings is 1. The van der Waals surface area contributed by atoms with E-state index in [-0.39, 0.29) is 30.0 Å². The van der Waals surface area contributed by atoms with Gasteiger partial charge in [-0.05, 0) is 77.0 Å². The Kier molecular flexibility index (Phi) is 7.07. The van der Waals surface area contributed by atoms with E-state index in [1.165, 1.54) is 18.9 Å². The molecule has 162 valence electrons. The standard InChI is InChI=1S/C22H32FN3O2.ClH/c1-14(2)28-18-6-4-16(5-7-18)25-10-8-17(9-11-25)26-21-12-15(3)19(23)13-20(21)24-22(26)27;/h12-14,16-18H,4-11H2,1-3H3,(H,24,27);1H. The summed E-state index contributed by atoms with van der Waals surface area (Å²) < 4.78 is 21.7. The lowest BCUT2D eigenvalue weighted by molar-refractivity contribution is -0.0289. The predicted molar refractivity (Wildman–Crippen MR) is 117 cm³/mol. The molecule has 0 bridgehead atoms. The van der Waals surface area contributed by atoms with Crippen molar-refractivity contribution in [3.63, 3.8) is 0 Å². The summed E-state index contributed by atoms with van der Waals surface area (Å²) in [6, 6.07) is 4.06. The molecule has 0 unspecified atom stereocenters. The minimum absolute atomic E-state index is 0. The highest BCUT2D eigenvalue weighted by molar-refractivity contribution is 5.85. The molecule has 1 aliphatic carbocycles. The van der Waals surface area contributed by atoms with Crippen molar-refractivity contribution in [3.05, 3.63) is 34.0 Å². The van der Waals surface area contributed by atoms with Crippen LogP contribution < -0.4 is 5.69 Å². The molecule has 7 heteroatoms. The lowest BCUT2D eigenvalue weighted by Gasteiger charge is -2.41. The topological polar surface area (TPSA) is 50.3 Å². The number of hydrogen-bond donors (Lipinski definition) is 1. The van der Waals surface area contributed by atoms with Crippen LogP contribution >= 0.6 is 12.4 Å². The number of likely N-dealkylation sites (tertiary alicyclic amines) is 1. The van der Waals surface area contributed by atoms with Gasteiger partial charge in [0.25, 0.3) is 0 Å². The molecule has 1 aliphatic heterocycles. The van der Waals surface area contributed by atoms with Gasteiger partial charge in [-0.15, -0.1) is 12.4 Å². The fourth-order valence-corrected chi connectivity index (χ4v) is 5.05. The summed E-state index contributed by atoms with van der Waals surface area (Å²) in [5.74, 6) is -0.271. The Morgan fingerprint density at radius 1 is 1.07 bits per heavy atom. The van der Waals surface area contributed by atoms with E-state index in [1.54, 1.807) is 13.0 Å². The van der Waals surface area contributed by atoms with Gasteiger partial charge in [-0.25, -0.2) is 9.18 Å². The van der Waals surface area contributed by atoms with Crippen molar-refractivity contribution in [3.8, 4) is 0 Å². The van der Waals surface area contributed by atoms with Crippen LogP contribution in [0.4, 0.5) is 4.39 Å². The first-order chi connectivity index (χ1) is 13.4. The molecule has 2 fully saturated rings. The van der Waals surface area contributed by atoms with E-state index in [2.05, 4.69) is 23.7 Å². The van der Waals surface area contributed by atoms with E-state index in [9.17, 15) is 9.18 Å². The number of fused-ring (bicyclic) bond motifs is 1. The van der Waals surface area contributed by atoms with Crippen LogP contribution in [0, 0.1) is 12.7 Å². The van der Waals surface area contributed by atoms with Crippen molar-refractivity contribution in [1.29, 1.82) is 0 Å². The summed E-state index contributed by atoms with van der Waals surface area (Å²) in [7, 11) is 0. The molecule has 1 aromatic carbocycles. The van der Waals surface area contributed by atoms with Crippen LogP contribution in [0.5, 0.6) is 0 Å². The van der Waals surface area contributed by atoms with E-state index in [4.69, 9.17) is 4.74 Å². The predicted octanol–water partition coefficient (Wildman–Crippen LogP) is 4.57. The van der Waals surface area contributed by atoms with Gasteiger partial charge in [0, 0.05) is 25.2 Å². The third-order valence-corrected chi connectivity index (χ3v) is 6.49. The summed E-state index contributed by atoms with van der Waals surface area (Å²) in [5.41, 5.74) is 1.88. The highest BCUT2D eigenvalue weighted by atomic mass is 35.5. The molecule has 4 rings (SSSR count). The minimum atomic E-state index is -0.271. The Hall–Kier alpha value is -1.37. The molecule has 5 nitrogen and oxygen atoms in total. The second kappa shape index (κ2) is 9.19. The highest BCUT2D eigenvalue weighted by Gasteiger charge is 2.31. The summed E-state index contributed by atoms with van der Waals surface area (Å²) >= 11 is 0. The first kappa shape index (κ1) is 22.3. The molecule has 0 atom stereocenters. The number of benzene rings is 1. The summed E-state index contributed by atoms with van der Waals surface area (Å²) in [6.07, 6.45) is 7.36. The number of aryl methyl sites for hydroxylation is 1. The summed E-state index contributed by atoms with van der Waals surface area (Å²) in [5, 5.41) is 0. The second-order valence-electron chi connectivity index (χ2n) is 8.80. The molecular formula is C22H33ClFN3O2. The number of nitrogens with one attached hydrogen (secondary N) is 1. The average Bonchev–Trinajstić information content (AvgIpc) is 2.97. The van der Waals surface area contributed by atoms with Gasteiger partial charge in [0.15, 0.2) is 0 Å². The maximum absolute atomic E-state index is 13.8. The molecule has 2 heterocycles. The Morgan fingerprint density at radius 2 is 1.72 bits per heavy atom. The normalized spacial score (nSPS) is 24.2. The van der Waals surface area contributed by atoms with E-state index >= 15 is 0 Å². The van der Waals surface area contributed by atoms with Crippen LogP contribution in [0.3, 0.4) is 0 Å². The zero-order valence-electron chi connectivity index (χ0n) is 17.6. The van der Waals surface area contributed by atoms with Gasteiger partial charge >= 0.3 is 5.69 Å². The molecule has 1 aromatic heterocycles. The fourth-order valence-electron chi connectivity index (χ4n) is 5.05. The maximum atomic E-state index is 13.8. The average molecular weight is 426 g/mol. The lowest BCUT2D eigenvalue weighted by atomic mass is 9.90. The number of aromatic amines is 1. The molecule has 0 amide bonds.